The van der Waals surface area contributed by atoms with Crippen LogP contribution in [0.15, 0.2) is 30.3 Å². The molecule has 1 saturated heterocycles. The first kappa shape index (κ1) is 12.4. The second-order valence-electron chi connectivity index (χ2n) is 4.39. The molecule has 5 heteroatoms. The van der Waals surface area contributed by atoms with Crippen LogP contribution in [-0.4, -0.2) is 18.5 Å². The van der Waals surface area contributed by atoms with Crippen LogP contribution < -0.4 is 11.1 Å². The number of cyclic esters (lactones) is 1. The quantitative estimate of drug-likeness (QED) is 0.842. The van der Waals surface area contributed by atoms with Crippen molar-refractivity contribution in [1.82, 2.24) is 5.32 Å². The van der Waals surface area contributed by atoms with Crippen molar-refractivity contribution in [3.8, 4) is 0 Å². The number of amides is 2. The smallest absolute Gasteiger partial charge is 0.408 e. The van der Waals surface area contributed by atoms with Crippen molar-refractivity contribution in [3.05, 3.63) is 35.9 Å². The van der Waals surface area contributed by atoms with E-state index < -0.39 is 11.7 Å². The van der Waals surface area contributed by atoms with Crippen LogP contribution in [0.5, 0.6) is 0 Å². The summed E-state index contributed by atoms with van der Waals surface area (Å²) in [7, 11) is 0. The SMILES string of the molecule is NC(=O)CC[C@]1(c2ccccc2)CCNC(=O)O1. The molecule has 0 aromatic heterocycles. The van der Waals surface area contributed by atoms with Crippen molar-refractivity contribution in [1.29, 1.82) is 0 Å². The van der Waals surface area contributed by atoms with Crippen molar-refractivity contribution >= 4 is 12.0 Å². The minimum Gasteiger partial charge on any atom is -0.438 e. The lowest BCUT2D eigenvalue weighted by Crippen LogP contribution is -2.45. The monoisotopic (exact) mass is 248 g/mol. The number of rotatable bonds is 4. The van der Waals surface area contributed by atoms with Crippen LogP contribution in [-0.2, 0) is 15.1 Å². The number of nitrogens with two attached hydrogens (primary N) is 1. The highest BCUT2D eigenvalue weighted by atomic mass is 16.6. The van der Waals surface area contributed by atoms with Gasteiger partial charge in [-0.05, 0) is 5.56 Å². The van der Waals surface area contributed by atoms with Gasteiger partial charge in [0.05, 0.1) is 0 Å². The number of carbonyl (C=O) groups excluding carboxylic acids is 2. The largest absolute Gasteiger partial charge is 0.438 e. The van der Waals surface area contributed by atoms with Crippen LogP contribution in [0.4, 0.5) is 4.79 Å². The van der Waals surface area contributed by atoms with Crippen LogP contribution in [0.2, 0.25) is 0 Å². The van der Waals surface area contributed by atoms with E-state index in [9.17, 15) is 9.59 Å². The molecule has 0 unspecified atom stereocenters. The van der Waals surface area contributed by atoms with E-state index in [0.717, 1.165) is 5.56 Å². The summed E-state index contributed by atoms with van der Waals surface area (Å²) in [6, 6.07) is 9.47. The highest BCUT2D eigenvalue weighted by Gasteiger charge is 2.39. The molecule has 96 valence electrons. The zero-order valence-corrected chi connectivity index (χ0v) is 10.0. The standard InChI is InChI=1S/C13H16N2O3/c14-11(16)6-7-13(8-9-15-12(17)18-13)10-4-2-1-3-5-10/h1-5H,6-9H2,(H2,14,16)(H,15,17)/t13-/m1/s1. The average molecular weight is 248 g/mol. The van der Waals surface area contributed by atoms with E-state index in [4.69, 9.17) is 10.5 Å². The molecule has 0 spiro atoms. The van der Waals surface area contributed by atoms with Crippen molar-refractivity contribution in [2.45, 2.75) is 24.9 Å². The topological polar surface area (TPSA) is 81.4 Å². The fourth-order valence-corrected chi connectivity index (χ4v) is 2.22. The molecule has 0 saturated carbocycles. The molecule has 18 heavy (non-hydrogen) atoms. The molecule has 3 N–H and O–H groups in total. The van der Waals surface area contributed by atoms with Crippen molar-refractivity contribution in [3.63, 3.8) is 0 Å². The predicted molar refractivity (Wildman–Crippen MR) is 65.6 cm³/mol. The number of carbonyl (C=O) groups is 2. The van der Waals surface area contributed by atoms with Gasteiger partial charge < -0.3 is 15.8 Å². The number of primary amides is 1. The Morgan fingerprint density at radius 1 is 1.39 bits per heavy atom. The maximum Gasteiger partial charge on any atom is 0.408 e. The van der Waals surface area contributed by atoms with Crippen LogP contribution >= 0.6 is 0 Å². The van der Waals surface area contributed by atoms with Crippen molar-refractivity contribution < 1.29 is 14.3 Å². The number of hydrogen-bond donors (Lipinski definition) is 2. The van der Waals surface area contributed by atoms with Gasteiger partial charge in [-0.3, -0.25) is 4.79 Å². The maximum absolute atomic E-state index is 11.4. The third-order valence-corrected chi connectivity index (χ3v) is 3.16. The Hall–Kier alpha value is -2.04. The highest BCUT2D eigenvalue weighted by Crippen LogP contribution is 2.36. The summed E-state index contributed by atoms with van der Waals surface area (Å²) >= 11 is 0. The van der Waals surface area contributed by atoms with Gasteiger partial charge >= 0.3 is 6.09 Å². The molecule has 1 fully saturated rings. The summed E-state index contributed by atoms with van der Waals surface area (Å²) in [5.41, 5.74) is 5.35. The maximum atomic E-state index is 11.4. The van der Waals surface area contributed by atoms with Gasteiger partial charge in [-0.15, -0.1) is 0 Å². The van der Waals surface area contributed by atoms with E-state index >= 15 is 0 Å². The number of nitrogens with one attached hydrogen (secondary N) is 1. The number of hydrogen-bond acceptors (Lipinski definition) is 3. The molecule has 2 rings (SSSR count). The predicted octanol–water partition coefficient (Wildman–Crippen LogP) is 1.28. The van der Waals surface area contributed by atoms with Crippen molar-refractivity contribution in [2.24, 2.45) is 5.73 Å². The zero-order valence-electron chi connectivity index (χ0n) is 10.0. The van der Waals surface area contributed by atoms with E-state index in [1.165, 1.54) is 0 Å². The Kier molecular flexibility index (Phi) is 3.50. The fourth-order valence-electron chi connectivity index (χ4n) is 2.22. The van der Waals surface area contributed by atoms with Crippen LogP contribution in [0.1, 0.15) is 24.8 Å². The molecule has 1 aliphatic rings. The summed E-state index contributed by atoms with van der Waals surface area (Å²) in [5, 5.41) is 2.62. The Balaban J connectivity index is 2.27. The first-order valence-electron chi connectivity index (χ1n) is 5.93. The van der Waals surface area contributed by atoms with Crippen LogP contribution in [0.3, 0.4) is 0 Å². The normalized spacial score (nSPS) is 23.0. The molecule has 1 aromatic carbocycles. The summed E-state index contributed by atoms with van der Waals surface area (Å²) in [4.78, 5) is 22.4. The van der Waals surface area contributed by atoms with E-state index in [0.29, 0.717) is 19.4 Å². The minimum atomic E-state index is -0.737. The Morgan fingerprint density at radius 2 is 2.11 bits per heavy atom. The van der Waals surface area contributed by atoms with E-state index in [2.05, 4.69) is 5.32 Å². The third kappa shape index (κ3) is 2.61. The van der Waals surface area contributed by atoms with Gasteiger partial charge in [0.1, 0.15) is 5.60 Å². The van der Waals surface area contributed by atoms with E-state index in [-0.39, 0.29) is 12.3 Å². The average Bonchev–Trinajstić information content (AvgIpc) is 2.37. The number of ether oxygens (including phenoxy) is 1. The van der Waals surface area contributed by atoms with Gasteiger partial charge in [0, 0.05) is 25.8 Å². The lowest BCUT2D eigenvalue weighted by atomic mass is 9.85. The number of alkyl carbamates (subject to hydrolysis) is 1. The Morgan fingerprint density at radius 3 is 2.72 bits per heavy atom. The molecule has 1 aromatic rings. The molecule has 2 amide bonds. The molecule has 0 radical (unpaired) electrons. The van der Waals surface area contributed by atoms with E-state index in [1.54, 1.807) is 0 Å². The number of benzene rings is 1. The summed E-state index contributed by atoms with van der Waals surface area (Å²) in [6.07, 6.45) is 0.799. The van der Waals surface area contributed by atoms with Gasteiger partial charge in [0.25, 0.3) is 0 Å². The fraction of sp³-hybridized carbons (Fsp3) is 0.385. The zero-order chi connectivity index (χ0) is 13.0. The van der Waals surface area contributed by atoms with Crippen LogP contribution in [0, 0.1) is 0 Å². The lowest BCUT2D eigenvalue weighted by Gasteiger charge is -2.37. The summed E-state index contributed by atoms with van der Waals surface area (Å²) < 4.78 is 5.45. The highest BCUT2D eigenvalue weighted by molar-refractivity contribution is 5.74. The first-order chi connectivity index (χ1) is 8.62. The molecule has 1 atom stereocenters. The molecule has 0 aliphatic carbocycles. The lowest BCUT2D eigenvalue weighted by molar-refractivity contribution is -0.120. The van der Waals surface area contributed by atoms with Gasteiger partial charge in [-0.25, -0.2) is 4.79 Å². The molecular formula is C13H16N2O3. The molecule has 1 aliphatic heterocycles. The second kappa shape index (κ2) is 5.08. The third-order valence-electron chi connectivity index (χ3n) is 3.16. The van der Waals surface area contributed by atoms with Gasteiger partial charge in [-0.1, -0.05) is 30.3 Å². The van der Waals surface area contributed by atoms with Gasteiger partial charge in [0.2, 0.25) is 5.91 Å². The molecular weight excluding hydrogens is 232 g/mol. The summed E-state index contributed by atoms with van der Waals surface area (Å²) in [5.74, 6) is -0.389. The Bertz CT molecular complexity index is 447. The Labute approximate surface area is 105 Å². The molecule has 5 nitrogen and oxygen atoms in total. The second-order valence-corrected chi connectivity index (χ2v) is 4.39. The minimum absolute atomic E-state index is 0.197. The van der Waals surface area contributed by atoms with Crippen molar-refractivity contribution in [2.75, 3.05) is 6.54 Å². The molecule has 1 heterocycles. The first-order valence-corrected chi connectivity index (χ1v) is 5.93. The van der Waals surface area contributed by atoms with Gasteiger partial charge in [-0.2, -0.15) is 0 Å². The molecule has 0 bridgehead atoms. The van der Waals surface area contributed by atoms with Crippen LogP contribution in [0.25, 0.3) is 0 Å². The van der Waals surface area contributed by atoms with E-state index in [1.807, 2.05) is 30.3 Å². The van der Waals surface area contributed by atoms with Gasteiger partial charge in [0.15, 0.2) is 0 Å². The summed E-state index contributed by atoms with van der Waals surface area (Å²) in [6.45, 7) is 0.534.